The normalized spacial score (nSPS) is 43.5. The zero-order valence-corrected chi connectivity index (χ0v) is 17.6. The summed E-state index contributed by atoms with van der Waals surface area (Å²) in [6.07, 6.45) is -24.3. The Kier molecular flexibility index (Phi) is 10.5. The molecule has 2 rings (SSSR count). The Hall–Kier alpha value is -0.890. The first-order chi connectivity index (χ1) is 15.5. The number of aldehydes is 1. The van der Waals surface area contributed by atoms with Crippen molar-refractivity contribution in [3.05, 3.63) is 0 Å². The number of ether oxygens (including phenoxy) is 4. The molecule has 2 heterocycles. The van der Waals surface area contributed by atoms with E-state index in [2.05, 4.69) is 0 Å². The molecule has 2 aliphatic rings. The number of hydrogen-bond donors (Lipinski definition) is 10. The standard InChI is InChI=1S/C18H32O15/c1-5-9(24)12(27)14(29)17(30-5)33-16-13(28)11(26)8(4-21)31-18(16)32-15(7(23)3-20)10(25)6(22)2-19/h2,5-18,20-29H,3-4H2,1H3/t5-,6-,7+,8+,9+,10+,11-,12+,13-,14-,15+,16+,17-,18-/m0/s1. The van der Waals surface area contributed by atoms with Crippen LogP contribution in [0.5, 0.6) is 0 Å². The molecule has 0 aromatic heterocycles. The molecule has 0 radical (unpaired) electrons. The monoisotopic (exact) mass is 488 g/mol. The zero-order valence-electron chi connectivity index (χ0n) is 17.6. The van der Waals surface area contributed by atoms with Crippen molar-refractivity contribution >= 4 is 6.29 Å². The Balaban J connectivity index is 2.31. The minimum absolute atomic E-state index is 0.0593. The Morgan fingerprint density at radius 1 is 0.879 bits per heavy atom. The third-order valence-electron chi connectivity index (χ3n) is 5.61. The highest BCUT2D eigenvalue weighted by Crippen LogP contribution is 2.31. The molecule has 0 saturated carbocycles. The average molecular weight is 488 g/mol. The first-order valence-corrected chi connectivity index (χ1v) is 10.2. The molecule has 2 fully saturated rings. The average Bonchev–Trinajstić information content (AvgIpc) is 2.81. The van der Waals surface area contributed by atoms with Gasteiger partial charge in [0.2, 0.25) is 0 Å². The van der Waals surface area contributed by atoms with Gasteiger partial charge in [-0.25, -0.2) is 0 Å². The van der Waals surface area contributed by atoms with Crippen molar-refractivity contribution in [3.8, 4) is 0 Å². The predicted molar refractivity (Wildman–Crippen MR) is 101 cm³/mol. The van der Waals surface area contributed by atoms with E-state index in [9.17, 15) is 55.9 Å². The molecule has 15 nitrogen and oxygen atoms in total. The third kappa shape index (κ3) is 6.22. The minimum atomic E-state index is -2.08. The summed E-state index contributed by atoms with van der Waals surface area (Å²) in [5.74, 6) is 0. The number of aliphatic hydroxyl groups excluding tert-OH is 10. The summed E-state index contributed by atoms with van der Waals surface area (Å²) in [6.45, 7) is -0.451. The van der Waals surface area contributed by atoms with Crippen LogP contribution in [-0.2, 0) is 23.7 Å². The van der Waals surface area contributed by atoms with Gasteiger partial charge >= 0.3 is 0 Å². The molecule has 0 aliphatic carbocycles. The van der Waals surface area contributed by atoms with Gasteiger partial charge in [-0.1, -0.05) is 0 Å². The number of aliphatic hydroxyl groups is 10. The topological polar surface area (TPSA) is 256 Å². The van der Waals surface area contributed by atoms with Gasteiger partial charge < -0.3 is 74.8 Å². The van der Waals surface area contributed by atoms with E-state index >= 15 is 0 Å². The van der Waals surface area contributed by atoms with E-state index in [1.165, 1.54) is 6.92 Å². The quantitative estimate of drug-likeness (QED) is 0.128. The molecule has 15 heteroatoms. The van der Waals surface area contributed by atoms with Crippen LogP contribution in [-0.4, -0.2) is 156 Å². The highest BCUT2D eigenvalue weighted by atomic mass is 16.8. The van der Waals surface area contributed by atoms with Crippen molar-refractivity contribution in [2.75, 3.05) is 13.2 Å². The summed E-state index contributed by atoms with van der Waals surface area (Å²) in [5.41, 5.74) is 0. The maximum Gasteiger partial charge on any atom is 0.187 e. The van der Waals surface area contributed by atoms with E-state index in [4.69, 9.17) is 18.9 Å². The summed E-state index contributed by atoms with van der Waals surface area (Å²) >= 11 is 0. The number of carbonyl (C=O) groups is 1. The molecular weight excluding hydrogens is 456 g/mol. The summed E-state index contributed by atoms with van der Waals surface area (Å²) in [6, 6.07) is 0. The molecule has 0 unspecified atom stereocenters. The van der Waals surface area contributed by atoms with Crippen molar-refractivity contribution in [2.24, 2.45) is 0 Å². The zero-order chi connectivity index (χ0) is 25.0. The number of carbonyl (C=O) groups excluding carboxylic acids is 1. The van der Waals surface area contributed by atoms with Crippen molar-refractivity contribution in [3.63, 3.8) is 0 Å². The van der Waals surface area contributed by atoms with Crippen molar-refractivity contribution in [1.82, 2.24) is 0 Å². The van der Waals surface area contributed by atoms with E-state index in [0.29, 0.717) is 0 Å². The van der Waals surface area contributed by atoms with E-state index in [1.54, 1.807) is 0 Å². The number of rotatable bonds is 10. The first kappa shape index (κ1) is 28.3. The highest BCUT2D eigenvalue weighted by molar-refractivity contribution is 5.56. The Labute approximate surface area is 187 Å². The van der Waals surface area contributed by atoms with Crippen molar-refractivity contribution in [2.45, 2.75) is 92.8 Å². The summed E-state index contributed by atoms with van der Waals surface area (Å²) in [4.78, 5) is 10.8. The minimum Gasteiger partial charge on any atom is -0.394 e. The fourth-order valence-corrected chi connectivity index (χ4v) is 3.52. The summed E-state index contributed by atoms with van der Waals surface area (Å²) < 4.78 is 21.5. The molecule has 2 aliphatic heterocycles. The van der Waals surface area contributed by atoms with Gasteiger partial charge in [0.1, 0.15) is 67.1 Å². The molecule has 0 spiro atoms. The van der Waals surface area contributed by atoms with Crippen LogP contribution < -0.4 is 0 Å². The lowest BCUT2D eigenvalue weighted by Gasteiger charge is -2.46. The van der Waals surface area contributed by atoms with Crippen LogP contribution in [0.25, 0.3) is 0 Å². The molecular formula is C18H32O15. The van der Waals surface area contributed by atoms with Gasteiger partial charge in [0, 0.05) is 0 Å². The van der Waals surface area contributed by atoms with Gasteiger partial charge in [-0.2, -0.15) is 0 Å². The molecule has 33 heavy (non-hydrogen) atoms. The second-order valence-electron chi connectivity index (χ2n) is 7.96. The Morgan fingerprint density at radius 2 is 1.52 bits per heavy atom. The molecule has 14 atom stereocenters. The Bertz CT molecular complexity index is 609. The lowest BCUT2D eigenvalue weighted by atomic mass is 9.97. The maximum absolute atomic E-state index is 10.8. The fraction of sp³-hybridized carbons (Fsp3) is 0.944. The van der Waals surface area contributed by atoms with Crippen molar-refractivity contribution in [1.29, 1.82) is 0 Å². The van der Waals surface area contributed by atoms with Gasteiger partial charge in [0.15, 0.2) is 18.9 Å². The van der Waals surface area contributed by atoms with Crippen LogP contribution in [0.1, 0.15) is 6.92 Å². The van der Waals surface area contributed by atoms with Crippen LogP contribution in [0.15, 0.2) is 0 Å². The third-order valence-corrected chi connectivity index (χ3v) is 5.61. The van der Waals surface area contributed by atoms with Crippen LogP contribution in [0.4, 0.5) is 0 Å². The van der Waals surface area contributed by atoms with Gasteiger partial charge in [0.25, 0.3) is 0 Å². The summed E-state index contributed by atoms with van der Waals surface area (Å²) in [5, 5.41) is 99.1. The molecule has 2 saturated heterocycles. The smallest absolute Gasteiger partial charge is 0.187 e. The molecule has 0 aromatic carbocycles. The fourth-order valence-electron chi connectivity index (χ4n) is 3.52. The lowest BCUT2D eigenvalue weighted by molar-refractivity contribution is -0.375. The second-order valence-corrected chi connectivity index (χ2v) is 7.96. The van der Waals surface area contributed by atoms with Crippen molar-refractivity contribution < 1.29 is 74.8 Å². The van der Waals surface area contributed by atoms with Gasteiger partial charge in [-0.15, -0.1) is 0 Å². The van der Waals surface area contributed by atoms with Crippen LogP contribution >= 0.6 is 0 Å². The van der Waals surface area contributed by atoms with E-state index < -0.39 is 99.0 Å². The molecule has 0 aromatic rings. The Morgan fingerprint density at radius 3 is 2.06 bits per heavy atom. The van der Waals surface area contributed by atoms with Crippen LogP contribution in [0.2, 0.25) is 0 Å². The van der Waals surface area contributed by atoms with Gasteiger partial charge in [-0.3, -0.25) is 0 Å². The molecule has 194 valence electrons. The largest absolute Gasteiger partial charge is 0.394 e. The lowest BCUT2D eigenvalue weighted by Crippen LogP contribution is -2.65. The first-order valence-electron chi connectivity index (χ1n) is 10.2. The van der Waals surface area contributed by atoms with Crippen LogP contribution in [0.3, 0.4) is 0 Å². The second kappa shape index (κ2) is 12.2. The van der Waals surface area contributed by atoms with Gasteiger partial charge in [-0.05, 0) is 6.92 Å². The van der Waals surface area contributed by atoms with Crippen LogP contribution in [0, 0.1) is 0 Å². The SMILES string of the molecule is C[C@@H]1O[C@@H](O[C@H]2[C@H](O[C@@H]([C@H](O)[C@@H](O)C=O)[C@H](O)CO)O[C@H](CO)[C@H](O)[C@@H]2O)[C@@H](O)[C@H](O)[C@@H]1O. The maximum atomic E-state index is 10.8. The number of hydrogen-bond acceptors (Lipinski definition) is 15. The molecule has 0 bridgehead atoms. The van der Waals surface area contributed by atoms with E-state index in [-0.39, 0.29) is 6.29 Å². The van der Waals surface area contributed by atoms with E-state index in [1.807, 2.05) is 0 Å². The highest BCUT2D eigenvalue weighted by Gasteiger charge is 2.51. The van der Waals surface area contributed by atoms with Gasteiger partial charge in [0.05, 0.1) is 19.3 Å². The van der Waals surface area contributed by atoms with E-state index in [0.717, 1.165) is 0 Å². The summed E-state index contributed by atoms with van der Waals surface area (Å²) in [7, 11) is 0. The molecule has 10 N–H and O–H groups in total. The molecule has 0 amide bonds. The predicted octanol–water partition coefficient (Wildman–Crippen LogP) is -6.70.